The lowest BCUT2D eigenvalue weighted by molar-refractivity contribution is -0.135. The Bertz CT molecular complexity index is 710. The molecule has 1 amide bonds. The number of piperazine rings is 1. The van der Waals surface area contributed by atoms with Crippen molar-refractivity contribution < 1.29 is 9.18 Å². The van der Waals surface area contributed by atoms with Crippen LogP contribution in [-0.4, -0.2) is 30.4 Å². The second-order valence-electron chi connectivity index (χ2n) is 6.58. The molecule has 0 saturated carbocycles. The lowest BCUT2D eigenvalue weighted by atomic mass is 9.92. The fraction of sp³-hybridized carbons (Fsp3) is 0.381. The molecular formula is C21H26ClFN2O. The van der Waals surface area contributed by atoms with Crippen LogP contribution in [0.25, 0.3) is 0 Å². The number of amides is 1. The van der Waals surface area contributed by atoms with E-state index in [2.05, 4.69) is 24.4 Å². The molecule has 0 aromatic heterocycles. The van der Waals surface area contributed by atoms with E-state index in [0.29, 0.717) is 19.5 Å². The molecule has 2 unspecified atom stereocenters. The molecule has 1 fully saturated rings. The van der Waals surface area contributed by atoms with Gasteiger partial charge in [-0.15, -0.1) is 12.4 Å². The topological polar surface area (TPSA) is 32.3 Å². The molecule has 1 aliphatic rings. The minimum absolute atomic E-state index is 0. The first-order valence-corrected chi connectivity index (χ1v) is 8.99. The third kappa shape index (κ3) is 4.83. The van der Waals surface area contributed by atoms with Crippen LogP contribution in [0.3, 0.4) is 0 Å². The predicted molar refractivity (Wildman–Crippen MR) is 105 cm³/mol. The van der Waals surface area contributed by atoms with Gasteiger partial charge in [-0.1, -0.05) is 49.4 Å². The SMILES string of the molecule is CCC(CC(=O)N1CCNCC1c1cccc(F)c1)c1ccccc1.Cl. The molecule has 0 aliphatic carbocycles. The Morgan fingerprint density at radius 3 is 2.69 bits per heavy atom. The van der Waals surface area contributed by atoms with Crippen molar-refractivity contribution in [3.05, 3.63) is 71.5 Å². The summed E-state index contributed by atoms with van der Waals surface area (Å²) in [5.41, 5.74) is 2.06. The Hall–Kier alpha value is -1.91. The summed E-state index contributed by atoms with van der Waals surface area (Å²) in [5, 5.41) is 3.32. The average Bonchev–Trinajstić information content (AvgIpc) is 2.66. The van der Waals surface area contributed by atoms with Crippen molar-refractivity contribution in [2.24, 2.45) is 0 Å². The van der Waals surface area contributed by atoms with Crippen molar-refractivity contribution in [2.75, 3.05) is 19.6 Å². The molecule has 0 bridgehead atoms. The van der Waals surface area contributed by atoms with E-state index in [9.17, 15) is 9.18 Å². The number of nitrogens with zero attached hydrogens (tertiary/aromatic N) is 1. The van der Waals surface area contributed by atoms with E-state index in [1.165, 1.54) is 17.7 Å². The normalized spacial score (nSPS) is 18.1. The molecule has 1 heterocycles. The maximum absolute atomic E-state index is 13.6. The molecule has 1 aliphatic heterocycles. The fourth-order valence-corrected chi connectivity index (χ4v) is 3.57. The van der Waals surface area contributed by atoms with Gasteiger partial charge in [0.05, 0.1) is 6.04 Å². The Labute approximate surface area is 161 Å². The van der Waals surface area contributed by atoms with E-state index in [0.717, 1.165) is 18.5 Å². The molecule has 1 saturated heterocycles. The average molecular weight is 377 g/mol. The van der Waals surface area contributed by atoms with Crippen molar-refractivity contribution in [1.29, 1.82) is 0 Å². The van der Waals surface area contributed by atoms with Crippen LogP contribution in [0.1, 0.15) is 42.9 Å². The van der Waals surface area contributed by atoms with Gasteiger partial charge in [0.1, 0.15) is 5.82 Å². The maximum Gasteiger partial charge on any atom is 0.223 e. The summed E-state index contributed by atoms with van der Waals surface area (Å²) >= 11 is 0. The van der Waals surface area contributed by atoms with Crippen molar-refractivity contribution in [2.45, 2.75) is 31.7 Å². The number of hydrogen-bond donors (Lipinski definition) is 1. The number of carbonyl (C=O) groups is 1. The first-order chi connectivity index (χ1) is 12.2. The van der Waals surface area contributed by atoms with Crippen LogP contribution >= 0.6 is 12.4 Å². The minimum Gasteiger partial charge on any atom is -0.333 e. The van der Waals surface area contributed by atoms with Crippen LogP contribution in [-0.2, 0) is 4.79 Å². The lowest BCUT2D eigenvalue weighted by Crippen LogP contribution is -2.49. The van der Waals surface area contributed by atoms with Crippen molar-refractivity contribution >= 4 is 18.3 Å². The summed E-state index contributed by atoms with van der Waals surface area (Å²) in [6, 6.07) is 16.7. The molecule has 5 heteroatoms. The number of carbonyl (C=O) groups excluding carboxylic acids is 1. The molecule has 3 nitrogen and oxygen atoms in total. The molecule has 2 aromatic rings. The number of rotatable bonds is 5. The Kier molecular flexibility index (Phi) is 7.61. The summed E-state index contributed by atoms with van der Waals surface area (Å²) in [7, 11) is 0. The molecule has 2 aromatic carbocycles. The van der Waals surface area contributed by atoms with Gasteiger partial charge in [-0.05, 0) is 35.6 Å². The third-order valence-corrected chi connectivity index (χ3v) is 4.98. The van der Waals surface area contributed by atoms with Crippen LogP contribution < -0.4 is 5.32 Å². The highest BCUT2D eigenvalue weighted by Gasteiger charge is 2.29. The first-order valence-electron chi connectivity index (χ1n) is 8.99. The number of hydrogen-bond acceptors (Lipinski definition) is 2. The summed E-state index contributed by atoms with van der Waals surface area (Å²) in [6.07, 6.45) is 1.42. The summed E-state index contributed by atoms with van der Waals surface area (Å²) in [5.74, 6) is 0.106. The van der Waals surface area contributed by atoms with Crippen molar-refractivity contribution in [3.63, 3.8) is 0 Å². The van der Waals surface area contributed by atoms with Gasteiger partial charge in [0.2, 0.25) is 5.91 Å². The molecule has 140 valence electrons. The molecule has 1 N–H and O–H groups in total. The lowest BCUT2D eigenvalue weighted by Gasteiger charge is -2.37. The van der Waals surface area contributed by atoms with Crippen LogP contribution in [0.4, 0.5) is 4.39 Å². The van der Waals surface area contributed by atoms with Gasteiger partial charge in [0, 0.05) is 26.1 Å². The largest absolute Gasteiger partial charge is 0.333 e. The van der Waals surface area contributed by atoms with Gasteiger partial charge in [-0.3, -0.25) is 4.79 Å². The Morgan fingerprint density at radius 1 is 1.23 bits per heavy atom. The smallest absolute Gasteiger partial charge is 0.223 e. The summed E-state index contributed by atoms with van der Waals surface area (Å²) in [6.45, 7) is 4.22. The maximum atomic E-state index is 13.6. The van der Waals surface area contributed by atoms with E-state index in [-0.39, 0.29) is 36.1 Å². The van der Waals surface area contributed by atoms with E-state index < -0.39 is 0 Å². The summed E-state index contributed by atoms with van der Waals surface area (Å²) in [4.78, 5) is 14.9. The van der Waals surface area contributed by atoms with Gasteiger partial charge >= 0.3 is 0 Å². The second-order valence-corrected chi connectivity index (χ2v) is 6.58. The van der Waals surface area contributed by atoms with Crippen LogP contribution in [0, 0.1) is 5.82 Å². The van der Waals surface area contributed by atoms with Gasteiger partial charge in [0.25, 0.3) is 0 Å². The highest BCUT2D eigenvalue weighted by molar-refractivity contribution is 5.85. The molecule has 0 spiro atoms. The zero-order valence-corrected chi connectivity index (χ0v) is 15.8. The van der Waals surface area contributed by atoms with Crippen LogP contribution in [0.2, 0.25) is 0 Å². The number of benzene rings is 2. The van der Waals surface area contributed by atoms with Crippen LogP contribution in [0.15, 0.2) is 54.6 Å². The predicted octanol–water partition coefficient (Wildman–Crippen LogP) is 4.30. The van der Waals surface area contributed by atoms with Crippen LogP contribution in [0.5, 0.6) is 0 Å². The Balaban J connectivity index is 0.00000243. The van der Waals surface area contributed by atoms with Crippen molar-refractivity contribution in [1.82, 2.24) is 10.2 Å². The quantitative estimate of drug-likeness (QED) is 0.843. The van der Waals surface area contributed by atoms with E-state index in [1.54, 1.807) is 6.07 Å². The first kappa shape index (κ1) is 20.4. The fourth-order valence-electron chi connectivity index (χ4n) is 3.57. The zero-order chi connectivity index (χ0) is 17.6. The highest BCUT2D eigenvalue weighted by Crippen LogP contribution is 2.28. The number of nitrogens with one attached hydrogen (secondary N) is 1. The molecular weight excluding hydrogens is 351 g/mol. The molecule has 2 atom stereocenters. The highest BCUT2D eigenvalue weighted by atomic mass is 35.5. The molecule has 3 rings (SSSR count). The van der Waals surface area contributed by atoms with E-state index >= 15 is 0 Å². The van der Waals surface area contributed by atoms with Gasteiger partial charge in [-0.2, -0.15) is 0 Å². The summed E-state index contributed by atoms with van der Waals surface area (Å²) < 4.78 is 13.6. The third-order valence-electron chi connectivity index (χ3n) is 4.98. The van der Waals surface area contributed by atoms with E-state index in [4.69, 9.17) is 0 Å². The monoisotopic (exact) mass is 376 g/mol. The standard InChI is InChI=1S/C21H25FN2O.ClH/c1-2-16(17-7-4-3-5-8-17)14-21(25)24-12-11-23-15-20(24)18-9-6-10-19(22)13-18;/h3-10,13,16,20,23H,2,11-12,14-15H2,1H3;1H. The zero-order valence-electron chi connectivity index (χ0n) is 15.0. The van der Waals surface area contributed by atoms with E-state index in [1.807, 2.05) is 29.2 Å². The minimum atomic E-state index is -0.258. The molecule has 26 heavy (non-hydrogen) atoms. The van der Waals surface area contributed by atoms with Crippen molar-refractivity contribution in [3.8, 4) is 0 Å². The molecule has 0 radical (unpaired) electrons. The van der Waals surface area contributed by atoms with Gasteiger partial charge in [-0.25, -0.2) is 4.39 Å². The van der Waals surface area contributed by atoms with Gasteiger partial charge in [0.15, 0.2) is 0 Å². The number of halogens is 2. The Morgan fingerprint density at radius 2 is 2.00 bits per heavy atom. The van der Waals surface area contributed by atoms with Gasteiger partial charge < -0.3 is 10.2 Å². The second kappa shape index (κ2) is 9.70.